The van der Waals surface area contributed by atoms with Gasteiger partial charge in [-0.05, 0) is 24.1 Å². The number of fused-ring (bicyclic) bond motifs is 1. The van der Waals surface area contributed by atoms with Crippen LogP contribution in [0.4, 0.5) is 0 Å². The number of carbonyl (C=O) groups is 1. The first-order chi connectivity index (χ1) is 10.7. The van der Waals surface area contributed by atoms with Crippen molar-refractivity contribution >= 4 is 12.0 Å². The summed E-state index contributed by atoms with van der Waals surface area (Å²) in [6, 6.07) is 9.61. The number of aromatic nitrogens is 2. The number of nitrogens with one attached hydrogen (secondary N) is 1. The Morgan fingerprint density at radius 2 is 2.27 bits per heavy atom. The molecule has 1 aliphatic rings. The molecule has 1 aromatic carbocycles. The van der Waals surface area contributed by atoms with E-state index in [2.05, 4.69) is 17.3 Å². The van der Waals surface area contributed by atoms with Crippen molar-refractivity contribution in [3.05, 3.63) is 53.9 Å². The summed E-state index contributed by atoms with van der Waals surface area (Å²) < 4.78 is 7.48. The van der Waals surface area contributed by atoms with Crippen molar-refractivity contribution in [2.75, 3.05) is 13.2 Å². The Morgan fingerprint density at radius 3 is 3.09 bits per heavy atom. The minimum absolute atomic E-state index is 0.0678. The molecule has 0 bridgehead atoms. The third kappa shape index (κ3) is 3.36. The standard InChI is InChI=1S/C17H19N3O2/c1-13(11-20-8-4-7-19-20)10-18-17(21)15-9-14-5-2-3-6-16(14)22-12-15/h2-9,13H,10-12H2,1H3,(H,18,21). The maximum absolute atomic E-state index is 12.2. The number of ether oxygens (including phenoxy) is 1. The highest BCUT2D eigenvalue weighted by molar-refractivity contribution is 5.99. The number of nitrogens with zero attached hydrogens (tertiary/aromatic N) is 2. The number of amides is 1. The van der Waals surface area contributed by atoms with Crippen molar-refractivity contribution in [1.29, 1.82) is 0 Å². The van der Waals surface area contributed by atoms with Crippen LogP contribution in [0.2, 0.25) is 0 Å². The van der Waals surface area contributed by atoms with Crippen molar-refractivity contribution in [1.82, 2.24) is 15.1 Å². The minimum Gasteiger partial charge on any atom is -0.488 e. The van der Waals surface area contributed by atoms with Crippen molar-refractivity contribution in [3.63, 3.8) is 0 Å². The van der Waals surface area contributed by atoms with Gasteiger partial charge < -0.3 is 10.1 Å². The van der Waals surface area contributed by atoms with E-state index in [4.69, 9.17) is 4.74 Å². The van der Waals surface area contributed by atoms with Gasteiger partial charge in [0.05, 0.1) is 5.57 Å². The Labute approximate surface area is 129 Å². The molecule has 2 heterocycles. The van der Waals surface area contributed by atoms with Gasteiger partial charge in [0.25, 0.3) is 5.91 Å². The van der Waals surface area contributed by atoms with E-state index < -0.39 is 0 Å². The largest absolute Gasteiger partial charge is 0.488 e. The average molecular weight is 297 g/mol. The van der Waals surface area contributed by atoms with Crippen LogP contribution in [-0.2, 0) is 11.3 Å². The molecule has 1 aliphatic heterocycles. The summed E-state index contributed by atoms with van der Waals surface area (Å²) in [5.74, 6) is 1.06. The maximum Gasteiger partial charge on any atom is 0.250 e. The molecule has 2 aromatic rings. The van der Waals surface area contributed by atoms with Crippen molar-refractivity contribution in [2.24, 2.45) is 5.92 Å². The van der Waals surface area contributed by atoms with E-state index in [1.54, 1.807) is 6.20 Å². The molecule has 0 saturated carbocycles. The van der Waals surface area contributed by atoms with Crippen LogP contribution in [0.25, 0.3) is 6.08 Å². The number of benzene rings is 1. The molecule has 1 unspecified atom stereocenters. The van der Waals surface area contributed by atoms with E-state index in [1.165, 1.54) is 0 Å². The average Bonchev–Trinajstić information content (AvgIpc) is 3.05. The van der Waals surface area contributed by atoms with E-state index in [0.29, 0.717) is 24.6 Å². The molecule has 5 heteroatoms. The molecule has 1 atom stereocenters. The lowest BCUT2D eigenvalue weighted by Gasteiger charge is -2.18. The summed E-state index contributed by atoms with van der Waals surface area (Å²) in [4.78, 5) is 12.2. The molecule has 22 heavy (non-hydrogen) atoms. The van der Waals surface area contributed by atoms with Crippen molar-refractivity contribution in [3.8, 4) is 5.75 Å². The van der Waals surface area contributed by atoms with Crippen LogP contribution in [-0.4, -0.2) is 28.8 Å². The molecule has 0 radical (unpaired) electrons. The van der Waals surface area contributed by atoms with Crippen LogP contribution in [0.3, 0.4) is 0 Å². The molecule has 0 saturated heterocycles. The molecule has 0 aliphatic carbocycles. The van der Waals surface area contributed by atoms with Crippen LogP contribution in [0.15, 0.2) is 48.3 Å². The molecule has 1 amide bonds. The van der Waals surface area contributed by atoms with Crippen LogP contribution < -0.4 is 10.1 Å². The van der Waals surface area contributed by atoms with Gasteiger partial charge in [0.15, 0.2) is 0 Å². The van der Waals surface area contributed by atoms with Crippen molar-refractivity contribution in [2.45, 2.75) is 13.5 Å². The topological polar surface area (TPSA) is 56.1 Å². The van der Waals surface area contributed by atoms with Gasteiger partial charge in [0.1, 0.15) is 12.4 Å². The monoisotopic (exact) mass is 297 g/mol. The molecule has 0 spiro atoms. The second-order valence-corrected chi connectivity index (χ2v) is 5.54. The maximum atomic E-state index is 12.2. The highest BCUT2D eigenvalue weighted by atomic mass is 16.5. The first-order valence-electron chi connectivity index (χ1n) is 7.40. The predicted molar refractivity (Wildman–Crippen MR) is 84.3 cm³/mol. The predicted octanol–water partition coefficient (Wildman–Crippen LogP) is 2.11. The highest BCUT2D eigenvalue weighted by Crippen LogP contribution is 2.25. The molecule has 5 nitrogen and oxygen atoms in total. The van der Waals surface area contributed by atoms with Gasteiger partial charge in [-0.15, -0.1) is 0 Å². The Kier molecular flexibility index (Phi) is 4.23. The van der Waals surface area contributed by atoms with Gasteiger partial charge in [-0.2, -0.15) is 5.10 Å². The third-order valence-electron chi connectivity index (χ3n) is 3.59. The van der Waals surface area contributed by atoms with E-state index in [0.717, 1.165) is 17.9 Å². The molecule has 114 valence electrons. The van der Waals surface area contributed by atoms with Crippen LogP contribution in [0, 0.1) is 5.92 Å². The second-order valence-electron chi connectivity index (χ2n) is 5.54. The quantitative estimate of drug-likeness (QED) is 0.919. The zero-order valence-electron chi connectivity index (χ0n) is 12.5. The lowest BCUT2D eigenvalue weighted by molar-refractivity contribution is -0.118. The van der Waals surface area contributed by atoms with E-state index in [9.17, 15) is 4.79 Å². The molecule has 3 rings (SSSR count). The fourth-order valence-corrected chi connectivity index (χ4v) is 2.42. The SMILES string of the molecule is CC(CNC(=O)C1=Cc2ccccc2OC1)Cn1cccn1. The zero-order valence-corrected chi connectivity index (χ0v) is 12.5. The summed E-state index contributed by atoms with van der Waals surface area (Å²) in [6.45, 7) is 3.79. The molecule has 1 N–H and O–H groups in total. The second kappa shape index (κ2) is 6.47. The van der Waals surface area contributed by atoms with Crippen LogP contribution in [0.5, 0.6) is 5.75 Å². The number of hydrogen-bond donors (Lipinski definition) is 1. The Morgan fingerprint density at radius 1 is 1.41 bits per heavy atom. The Hall–Kier alpha value is -2.56. The Bertz CT molecular complexity index is 677. The number of carbonyl (C=O) groups excluding carboxylic acids is 1. The summed E-state index contributed by atoms with van der Waals surface area (Å²) >= 11 is 0. The van der Waals surface area contributed by atoms with Gasteiger partial charge in [-0.25, -0.2) is 0 Å². The van der Waals surface area contributed by atoms with Crippen LogP contribution >= 0.6 is 0 Å². The summed E-state index contributed by atoms with van der Waals surface area (Å²) in [5.41, 5.74) is 1.61. The minimum atomic E-state index is -0.0678. The van der Waals surface area contributed by atoms with Gasteiger partial charge in [0.2, 0.25) is 0 Å². The first kappa shape index (κ1) is 14.4. The number of rotatable bonds is 5. The van der Waals surface area contributed by atoms with E-state index >= 15 is 0 Å². The normalized spacial score (nSPS) is 14.5. The fourth-order valence-electron chi connectivity index (χ4n) is 2.42. The summed E-state index contributed by atoms with van der Waals surface area (Å²) in [7, 11) is 0. The van der Waals surface area contributed by atoms with Crippen molar-refractivity contribution < 1.29 is 9.53 Å². The molecule has 1 aromatic heterocycles. The third-order valence-corrected chi connectivity index (χ3v) is 3.59. The fraction of sp³-hybridized carbons (Fsp3) is 0.294. The van der Waals surface area contributed by atoms with Gasteiger partial charge >= 0.3 is 0 Å². The number of hydrogen-bond acceptors (Lipinski definition) is 3. The molecule has 0 fully saturated rings. The number of para-hydroxylation sites is 1. The van der Waals surface area contributed by atoms with Gasteiger partial charge in [0, 0.05) is 31.0 Å². The Balaban J connectivity index is 1.55. The summed E-state index contributed by atoms with van der Waals surface area (Å²) in [5, 5.41) is 7.14. The van der Waals surface area contributed by atoms with Gasteiger partial charge in [-0.1, -0.05) is 25.1 Å². The summed E-state index contributed by atoms with van der Waals surface area (Å²) in [6.07, 6.45) is 5.58. The first-order valence-corrected chi connectivity index (χ1v) is 7.40. The zero-order chi connectivity index (χ0) is 15.4. The smallest absolute Gasteiger partial charge is 0.250 e. The molecular weight excluding hydrogens is 278 g/mol. The lowest BCUT2D eigenvalue weighted by Crippen LogP contribution is -2.33. The van der Waals surface area contributed by atoms with E-state index in [1.807, 2.05) is 47.3 Å². The highest BCUT2D eigenvalue weighted by Gasteiger charge is 2.17. The van der Waals surface area contributed by atoms with Crippen LogP contribution in [0.1, 0.15) is 12.5 Å². The van der Waals surface area contributed by atoms with Gasteiger partial charge in [-0.3, -0.25) is 9.48 Å². The lowest BCUT2D eigenvalue weighted by atomic mass is 10.1. The molecular formula is C17H19N3O2. The van der Waals surface area contributed by atoms with E-state index in [-0.39, 0.29) is 5.91 Å².